The van der Waals surface area contributed by atoms with E-state index in [0.717, 1.165) is 5.56 Å². The van der Waals surface area contributed by atoms with Crippen molar-refractivity contribution in [3.8, 4) is 0 Å². The van der Waals surface area contributed by atoms with Gasteiger partial charge in [-0.05, 0) is 17.7 Å². The number of hydrogen-bond acceptors (Lipinski definition) is 3. The van der Waals surface area contributed by atoms with Crippen LogP contribution >= 0.6 is 0 Å². The molecule has 7 heteroatoms. The Morgan fingerprint density at radius 2 is 2.17 bits per heavy atom. The van der Waals surface area contributed by atoms with Gasteiger partial charge in [-0.15, -0.1) is 0 Å². The minimum atomic E-state index is -0.819. The number of aliphatic hydroxyl groups is 1. The van der Waals surface area contributed by atoms with E-state index in [-0.39, 0.29) is 18.4 Å². The third-order valence-corrected chi connectivity index (χ3v) is 3.86. The number of aryl methyl sites for hydroxylation is 1. The van der Waals surface area contributed by atoms with Crippen LogP contribution in [-0.4, -0.2) is 34.0 Å². The summed E-state index contributed by atoms with van der Waals surface area (Å²) in [5, 5.41) is 19.3. The van der Waals surface area contributed by atoms with Gasteiger partial charge in [0.15, 0.2) is 0 Å². The summed E-state index contributed by atoms with van der Waals surface area (Å²) >= 11 is 0. The van der Waals surface area contributed by atoms with Gasteiger partial charge in [0.2, 0.25) is 0 Å². The number of amides is 2. The van der Waals surface area contributed by atoms with Crippen molar-refractivity contribution in [2.45, 2.75) is 25.4 Å². The van der Waals surface area contributed by atoms with Gasteiger partial charge in [0.05, 0.1) is 12.3 Å². The monoisotopic (exact) mass is 334 g/mol. The van der Waals surface area contributed by atoms with Gasteiger partial charge in [-0.2, -0.15) is 5.10 Å². The van der Waals surface area contributed by atoms with Gasteiger partial charge in [-0.1, -0.05) is 26.0 Å². The van der Waals surface area contributed by atoms with Crippen LogP contribution in [0.3, 0.4) is 0 Å². The first-order chi connectivity index (χ1) is 11.3. The Balaban J connectivity index is 1.82. The lowest BCUT2D eigenvalue weighted by molar-refractivity contribution is 0.172. The van der Waals surface area contributed by atoms with E-state index < -0.39 is 11.5 Å². The van der Waals surface area contributed by atoms with E-state index in [0.29, 0.717) is 12.1 Å². The highest BCUT2D eigenvalue weighted by atomic mass is 19.1. The molecule has 0 saturated heterocycles. The Labute approximate surface area is 140 Å². The fourth-order valence-corrected chi connectivity index (χ4v) is 2.29. The molecular weight excluding hydrogens is 311 g/mol. The maximum absolute atomic E-state index is 13.3. The molecule has 1 aromatic carbocycles. The number of hydrogen-bond donors (Lipinski definition) is 3. The predicted octanol–water partition coefficient (Wildman–Crippen LogP) is 1.87. The van der Waals surface area contributed by atoms with E-state index in [2.05, 4.69) is 15.7 Å². The fraction of sp³-hybridized carbons (Fsp3) is 0.412. The normalized spacial score (nSPS) is 12.7. The van der Waals surface area contributed by atoms with Crippen LogP contribution in [0.2, 0.25) is 0 Å². The van der Waals surface area contributed by atoms with Crippen molar-refractivity contribution in [1.82, 2.24) is 20.4 Å². The summed E-state index contributed by atoms with van der Waals surface area (Å²) in [5.74, 6) is -0.301. The molecule has 2 aromatic rings. The molecule has 1 heterocycles. The lowest BCUT2D eigenvalue weighted by Crippen LogP contribution is -2.43. The number of carbonyl (C=O) groups is 1. The maximum Gasteiger partial charge on any atom is 0.314 e. The highest BCUT2D eigenvalue weighted by Gasteiger charge is 2.22. The molecule has 0 aliphatic rings. The molecule has 1 aromatic heterocycles. The molecule has 0 fully saturated rings. The zero-order chi connectivity index (χ0) is 17.7. The molecule has 0 spiro atoms. The van der Waals surface area contributed by atoms with E-state index in [1.54, 1.807) is 30.2 Å². The molecule has 0 bridgehead atoms. The molecule has 130 valence electrons. The van der Waals surface area contributed by atoms with E-state index in [1.165, 1.54) is 12.1 Å². The number of benzene rings is 1. The van der Waals surface area contributed by atoms with Crippen molar-refractivity contribution in [2.24, 2.45) is 7.05 Å². The average molecular weight is 334 g/mol. The number of nitrogens with zero attached hydrogens (tertiary/aromatic N) is 2. The standard InChI is InChI=1S/C17H23FN4O2/c1-17(2,13-5-4-6-14(18)7-13)11-20-16(24)19-9-15(23)12-8-21-22(3)10-12/h4-8,10,15,23H,9,11H2,1-3H3,(H2,19,20,24). The predicted molar refractivity (Wildman–Crippen MR) is 89.0 cm³/mol. The summed E-state index contributed by atoms with van der Waals surface area (Å²) < 4.78 is 14.9. The maximum atomic E-state index is 13.3. The van der Waals surface area contributed by atoms with Crippen molar-refractivity contribution in [3.05, 3.63) is 53.6 Å². The van der Waals surface area contributed by atoms with Gasteiger partial charge in [-0.25, -0.2) is 9.18 Å². The zero-order valence-corrected chi connectivity index (χ0v) is 14.1. The third kappa shape index (κ3) is 4.79. The van der Waals surface area contributed by atoms with Gasteiger partial charge in [0, 0.05) is 37.3 Å². The van der Waals surface area contributed by atoms with Gasteiger partial charge in [0.25, 0.3) is 0 Å². The Kier molecular flexibility index (Phi) is 5.56. The summed E-state index contributed by atoms with van der Waals surface area (Å²) in [5.41, 5.74) is 1.03. The summed E-state index contributed by atoms with van der Waals surface area (Å²) in [6.07, 6.45) is 2.43. The molecule has 6 nitrogen and oxygen atoms in total. The summed E-state index contributed by atoms with van der Waals surface area (Å²) in [7, 11) is 1.75. The van der Waals surface area contributed by atoms with Gasteiger partial charge in [0.1, 0.15) is 5.82 Å². The van der Waals surface area contributed by atoms with Crippen molar-refractivity contribution in [1.29, 1.82) is 0 Å². The number of urea groups is 1. The molecule has 0 aliphatic heterocycles. The van der Waals surface area contributed by atoms with E-state index in [4.69, 9.17) is 0 Å². The van der Waals surface area contributed by atoms with Crippen LogP contribution in [0, 0.1) is 5.82 Å². The molecule has 0 aliphatic carbocycles. The molecule has 3 N–H and O–H groups in total. The van der Waals surface area contributed by atoms with Gasteiger partial charge in [-0.3, -0.25) is 4.68 Å². The van der Waals surface area contributed by atoms with Gasteiger partial charge < -0.3 is 15.7 Å². The third-order valence-electron chi connectivity index (χ3n) is 3.86. The molecule has 0 saturated carbocycles. The Morgan fingerprint density at radius 1 is 1.42 bits per heavy atom. The second kappa shape index (κ2) is 7.44. The Hall–Kier alpha value is -2.41. The average Bonchev–Trinajstić information content (AvgIpc) is 2.97. The van der Waals surface area contributed by atoms with Crippen molar-refractivity contribution in [3.63, 3.8) is 0 Å². The fourth-order valence-electron chi connectivity index (χ4n) is 2.29. The molecular formula is C17H23FN4O2. The number of aromatic nitrogens is 2. The SMILES string of the molecule is Cn1cc(C(O)CNC(=O)NCC(C)(C)c2cccc(F)c2)cn1. The van der Waals surface area contributed by atoms with Crippen LogP contribution in [0.1, 0.15) is 31.1 Å². The largest absolute Gasteiger partial charge is 0.386 e. The van der Waals surface area contributed by atoms with Crippen molar-refractivity contribution < 1.29 is 14.3 Å². The van der Waals surface area contributed by atoms with Crippen LogP contribution in [0.5, 0.6) is 0 Å². The highest BCUT2D eigenvalue weighted by molar-refractivity contribution is 5.74. The summed E-state index contributed by atoms with van der Waals surface area (Å²) in [4.78, 5) is 11.9. The lowest BCUT2D eigenvalue weighted by Gasteiger charge is -2.26. The Bertz CT molecular complexity index is 699. The Morgan fingerprint density at radius 3 is 2.79 bits per heavy atom. The van der Waals surface area contributed by atoms with Crippen LogP contribution in [-0.2, 0) is 12.5 Å². The van der Waals surface area contributed by atoms with Crippen molar-refractivity contribution >= 4 is 6.03 Å². The first kappa shape index (κ1) is 17.9. The van der Waals surface area contributed by atoms with E-state index >= 15 is 0 Å². The molecule has 1 atom stereocenters. The van der Waals surface area contributed by atoms with Crippen LogP contribution < -0.4 is 10.6 Å². The lowest BCUT2D eigenvalue weighted by atomic mass is 9.84. The topological polar surface area (TPSA) is 79.2 Å². The van der Waals surface area contributed by atoms with Crippen LogP contribution in [0.25, 0.3) is 0 Å². The number of nitrogens with one attached hydrogen (secondary N) is 2. The molecule has 0 radical (unpaired) electrons. The number of rotatable bonds is 6. The van der Waals surface area contributed by atoms with E-state index in [9.17, 15) is 14.3 Å². The van der Waals surface area contributed by atoms with Crippen molar-refractivity contribution in [2.75, 3.05) is 13.1 Å². The van der Waals surface area contributed by atoms with Crippen LogP contribution in [0.4, 0.5) is 9.18 Å². The number of aliphatic hydroxyl groups excluding tert-OH is 1. The second-order valence-electron chi connectivity index (χ2n) is 6.42. The number of carbonyl (C=O) groups excluding carboxylic acids is 1. The first-order valence-electron chi connectivity index (χ1n) is 7.72. The highest BCUT2D eigenvalue weighted by Crippen LogP contribution is 2.22. The molecule has 2 amide bonds. The molecule has 1 unspecified atom stereocenters. The smallest absolute Gasteiger partial charge is 0.314 e. The summed E-state index contributed by atoms with van der Waals surface area (Å²) in [6, 6.07) is 5.94. The molecule has 24 heavy (non-hydrogen) atoms. The molecule has 2 rings (SSSR count). The summed E-state index contributed by atoms with van der Waals surface area (Å²) in [6.45, 7) is 4.27. The quantitative estimate of drug-likeness (QED) is 0.754. The minimum Gasteiger partial charge on any atom is -0.386 e. The first-order valence-corrected chi connectivity index (χ1v) is 7.72. The number of halogens is 1. The second-order valence-corrected chi connectivity index (χ2v) is 6.42. The van der Waals surface area contributed by atoms with E-state index in [1.807, 2.05) is 19.9 Å². The van der Waals surface area contributed by atoms with Crippen LogP contribution in [0.15, 0.2) is 36.7 Å². The zero-order valence-electron chi connectivity index (χ0n) is 14.1. The van der Waals surface area contributed by atoms with Gasteiger partial charge >= 0.3 is 6.03 Å². The minimum absolute atomic E-state index is 0.0813.